The highest BCUT2D eigenvalue weighted by Crippen LogP contribution is 2.26. The Hall–Kier alpha value is -1.04. The number of carbonyl (C=O) groups is 1. The molecule has 1 aromatic heterocycles. The van der Waals surface area contributed by atoms with E-state index in [2.05, 4.69) is 31.0 Å². The minimum absolute atomic E-state index is 0.0185. The molecule has 17 heavy (non-hydrogen) atoms. The van der Waals surface area contributed by atoms with E-state index in [-0.39, 0.29) is 11.2 Å². The molecule has 0 aliphatic carbocycles. The van der Waals surface area contributed by atoms with Gasteiger partial charge in [0.2, 0.25) is 0 Å². The maximum Gasteiger partial charge on any atom is 0.313 e. The molecule has 0 fully saturated rings. The van der Waals surface area contributed by atoms with E-state index in [1.165, 1.54) is 11.8 Å². The average Bonchev–Trinajstić information content (AvgIpc) is 2.57. The second-order valence-corrected chi connectivity index (χ2v) is 5.76. The van der Waals surface area contributed by atoms with Crippen molar-refractivity contribution in [3.05, 3.63) is 5.82 Å². The van der Waals surface area contributed by atoms with E-state index in [1.54, 1.807) is 0 Å². The summed E-state index contributed by atoms with van der Waals surface area (Å²) in [7, 11) is 0. The van der Waals surface area contributed by atoms with Gasteiger partial charge in [0.05, 0.1) is 5.75 Å². The molecular weight excluding hydrogens is 238 g/mol. The molecule has 1 rings (SSSR count). The first-order valence-electron chi connectivity index (χ1n) is 5.60. The van der Waals surface area contributed by atoms with Gasteiger partial charge in [0.1, 0.15) is 5.82 Å². The van der Waals surface area contributed by atoms with Crippen LogP contribution in [0.15, 0.2) is 5.16 Å². The Morgan fingerprint density at radius 3 is 2.65 bits per heavy atom. The highest BCUT2D eigenvalue weighted by atomic mass is 32.2. The Kier molecular flexibility index (Phi) is 4.56. The SMILES string of the molecule is CCC(C)(C)Cn1c(C)nnc1SCC(=O)O. The van der Waals surface area contributed by atoms with Crippen molar-refractivity contribution in [1.82, 2.24) is 14.8 Å². The Morgan fingerprint density at radius 1 is 1.47 bits per heavy atom. The van der Waals surface area contributed by atoms with E-state index in [1.807, 2.05) is 11.5 Å². The van der Waals surface area contributed by atoms with Gasteiger partial charge >= 0.3 is 5.97 Å². The van der Waals surface area contributed by atoms with E-state index < -0.39 is 5.97 Å². The first-order chi connectivity index (χ1) is 7.85. The van der Waals surface area contributed by atoms with Crippen LogP contribution in [0.25, 0.3) is 0 Å². The van der Waals surface area contributed by atoms with Gasteiger partial charge in [0.25, 0.3) is 0 Å². The number of rotatable bonds is 6. The molecular formula is C11H19N3O2S. The fourth-order valence-corrected chi connectivity index (χ4v) is 2.02. The maximum atomic E-state index is 10.6. The average molecular weight is 257 g/mol. The first kappa shape index (κ1) is 14.0. The molecule has 1 N–H and O–H groups in total. The summed E-state index contributed by atoms with van der Waals surface area (Å²) < 4.78 is 2.00. The summed E-state index contributed by atoms with van der Waals surface area (Å²) >= 11 is 1.22. The van der Waals surface area contributed by atoms with Crippen molar-refractivity contribution in [1.29, 1.82) is 0 Å². The van der Waals surface area contributed by atoms with Crippen molar-refractivity contribution in [3.8, 4) is 0 Å². The van der Waals surface area contributed by atoms with Crippen LogP contribution in [-0.2, 0) is 11.3 Å². The van der Waals surface area contributed by atoms with E-state index in [9.17, 15) is 4.79 Å². The third-order valence-corrected chi connectivity index (χ3v) is 3.72. The molecule has 0 aliphatic rings. The number of nitrogens with zero attached hydrogens (tertiary/aromatic N) is 3. The Balaban J connectivity index is 2.83. The molecule has 0 bridgehead atoms. The third-order valence-electron chi connectivity index (χ3n) is 2.77. The van der Waals surface area contributed by atoms with E-state index in [0.717, 1.165) is 18.8 Å². The lowest BCUT2D eigenvalue weighted by atomic mass is 9.90. The molecule has 0 radical (unpaired) electrons. The summed E-state index contributed by atoms with van der Waals surface area (Å²) in [6.45, 7) is 9.20. The van der Waals surface area contributed by atoms with Crippen LogP contribution in [0.1, 0.15) is 33.0 Å². The summed E-state index contributed by atoms with van der Waals surface area (Å²) in [6, 6.07) is 0. The zero-order chi connectivity index (χ0) is 13.1. The molecule has 0 amide bonds. The van der Waals surface area contributed by atoms with Crippen molar-refractivity contribution in [3.63, 3.8) is 0 Å². The molecule has 0 aliphatic heterocycles. The number of carboxylic acid groups (broad SMARTS) is 1. The van der Waals surface area contributed by atoms with Gasteiger partial charge in [-0.15, -0.1) is 10.2 Å². The number of aromatic nitrogens is 3. The zero-order valence-corrected chi connectivity index (χ0v) is 11.5. The highest BCUT2D eigenvalue weighted by Gasteiger charge is 2.20. The van der Waals surface area contributed by atoms with Gasteiger partial charge in [0, 0.05) is 6.54 Å². The lowest BCUT2D eigenvalue weighted by Crippen LogP contribution is -2.20. The number of aliphatic carboxylic acids is 1. The zero-order valence-electron chi connectivity index (χ0n) is 10.7. The van der Waals surface area contributed by atoms with Crippen LogP contribution in [0, 0.1) is 12.3 Å². The highest BCUT2D eigenvalue weighted by molar-refractivity contribution is 7.99. The molecule has 6 heteroatoms. The summed E-state index contributed by atoms with van der Waals surface area (Å²) in [5.74, 6) is 0.0152. The largest absolute Gasteiger partial charge is 0.481 e. The number of hydrogen-bond acceptors (Lipinski definition) is 4. The minimum Gasteiger partial charge on any atom is -0.481 e. The van der Waals surface area contributed by atoms with Crippen molar-refractivity contribution >= 4 is 17.7 Å². The molecule has 5 nitrogen and oxygen atoms in total. The van der Waals surface area contributed by atoms with Gasteiger partial charge in [0.15, 0.2) is 5.16 Å². The Morgan fingerprint density at radius 2 is 2.12 bits per heavy atom. The second-order valence-electron chi connectivity index (χ2n) is 4.82. The third kappa shape index (κ3) is 4.03. The molecule has 0 atom stereocenters. The standard InChI is InChI=1S/C11H19N3O2S/c1-5-11(3,4)7-14-8(2)12-13-10(14)17-6-9(15)16/h5-7H2,1-4H3,(H,15,16). The Labute approximate surface area is 106 Å². The predicted octanol–water partition coefficient (Wildman–Crippen LogP) is 2.20. The van der Waals surface area contributed by atoms with Gasteiger partial charge in [-0.1, -0.05) is 32.5 Å². The van der Waals surface area contributed by atoms with Crippen LogP contribution in [0.3, 0.4) is 0 Å². The number of thioether (sulfide) groups is 1. The van der Waals surface area contributed by atoms with Crippen LogP contribution in [0.4, 0.5) is 0 Å². The molecule has 0 unspecified atom stereocenters. The first-order valence-corrected chi connectivity index (χ1v) is 6.58. The second kappa shape index (κ2) is 5.53. The lowest BCUT2D eigenvalue weighted by Gasteiger charge is -2.24. The number of carboxylic acids is 1. The molecule has 0 spiro atoms. The van der Waals surface area contributed by atoms with E-state index in [4.69, 9.17) is 5.11 Å². The quantitative estimate of drug-likeness (QED) is 0.791. The fraction of sp³-hybridized carbons (Fsp3) is 0.727. The van der Waals surface area contributed by atoms with Crippen molar-refractivity contribution in [2.75, 3.05) is 5.75 Å². The summed E-state index contributed by atoms with van der Waals surface area (Å²) in [4.78, 5) is 10.6. The monoisotopic (exact) mass is 257 g/mol. The summed E-state index contributed by atoms with van der Waals surface area (Å²) in [6.07, 6.45) is 1.05. The molecule has 0 saturated heterocycles. The predicted molar refractivity (Wildman–Crippen MR) is 67.2 cm³/mol. The maximum absolute atomic E-state index is 10.6. The van der Waals surface area contributed by atoms with Crippen LogP contribution < -0.4 is 0 Å². The smallest absolute Gasteiger partial charge is 0.313 e. The molecule has 0 saturated carbocycles. The van der Waals surface area contributed by atoms with Crippen molar-refractivity contribution in [2.24, 2.45) is 5.41 Å². The lowest BCUT2D eigenvalue weighted by molar-refractivity contribution is -0.133. The van der Waals surface area contributed by atoms with Crippen LogP contribution in [-0.4, -0.2) is 31.6 Å². The topological polar surface area (TPSA) is 68.0 Å². The minimum atomic E-state index is -0.836. The fourth-order valence-electron chi connectivity index (χ4n) is 1.32. The van der Waals surface area contributed by atoms with Crippen LogP contribution in [0.5, 0.6) is 0 Å². The van der Waals surface area contributed by atoms with Gasteiger partial charge in [-0.05, 0) is 18.8 Å². The summed E-state index contributed by atoms with van der Waals surface area (Å²) in [5.41, 5.74) is 0.158. The van der Waals surface area contributed by atoms with E-state index >= 15 is 0 Å². The molecule has 0 aromatic carbocycles. The normalized spacial score (nSPS) is 11.8. The van der Waals surface area contributed by atoms with Gasteiger partial charge < -0.3 is 9.67 Å². The van der Waals surface area contributed by atoms with Crippen molar-refractivity contribution < 1.29 is 9.90 Å². The molecule has 1 aromatic rings. The van der Waals surface area contributed by atoms with Crippen LogP contribution in [0.2, 0.25) is 0 Å². The van der Waals surface area contributed by atoms with E-state index in [0.29, 0.717) is 5.16 Å². The number of aryl methyl sites for hydroxylation is 1. The number of hydrogen-bond donors (Lipinski definition) is 1. The van der Waals surface area contributed by atoms with Gasteiger partial charge in [-0.3, -0.25) is 4.79 Å². The van der Waals surface area contributed by atoms with Gasteiger partial charge in [-0.25, -0.2) is 0 Å². The summed E-state index contributed by atoms with van der Waals surface area (Å²) in [5, 5.41) is 17.4. The molecule has 96 valence electrons. The Bertz CT molecular complexity index is 401. The van der Waals surface area contributed by atoms with Crippen LogP contribution >= 0.6 is 11.8 Å². The van der Waals surface area contributed by atoms with Gasteiger partial charge in [-0.2, -0.15) is 0 Å². The molecule has 1 heterocycles. The van der Waals surface area contributed by atoms with Crippen molar-refractivity contribution in [2.45, 2.75) is 45.8 Å².